The largest absolute Gasteiger partial charge is 0.481 e. The second kappa shape index (κ2) is 5.83. The summed E-state index contributed by atoms with van der Waals surface area (Å²) in [5.74, 6) is 0.278. The van der Waals surface area contributed by atoms with Crippen LogP contribution in [0, 0.1) is 6.92 Å². The molecule has 0 bridgehead atoms. The molecule has 0 spiro atoms. The maximum absolute atomic E-state index is 12.4. The Bertz CT molecular complexity index is 662. The third-order valence-corrected chi connectivity index (χ3v) is 3.01. The molecule has 1 aliphatic rings. The number of ether oxygens (including phenoxy) is 2. The number of methoxy groups -OCH3 is 1. The zero-order valence-electron chi connectivity index (χ0n) is 13.5. The quantitative estimate of drug-likeness (QED) is 0.865. The summed E-state index contributed by atoms with van der Waals surface area (Å²) in [4.78, 5) is 20.9. The minimum absolute atomic E-state index is 0.286. The Kier molecular flexibility index (Phi) is 4.26. The van der Waals surface area contributed by atoms with Crippen molar-refractivity contribution < 1.29 is 14.3 Å². The SMILES string of the molecule is COc1nc(C)ccc1C1=CC(N)=NB1C(=O)OC(C)(C)C. The van der Waals surface area contributed by atoms with Crippen LogP contribution in [-0.4, -0.2) is 36.2 Å². The van der Waals surface area contributed by atoms with Crippen LogP contribution in [0.15, 0.2) is 23.1 Å². The van der Waals surface area contributed by atoms with Crippen LogP contribution in [-0.2, 0) is 4.74 Å². The van der Waals surface area contributed by atoms with E-state index in [2.05, 4.69) is 9.89 Å². The van der Waals surface area contributed by atoms with E-state index in [4.69, 9.17) is 15.2 Å². The Morgan fingerprint density at radius 3 is 2.59 bits per heavy atom. The molecule has 2 rings (SSSR count). The zero-order valence-corrected chi connectivity index (χ0v) is 13.5. The maximum atomic E-state index is 12.4. The molecule has 0 saturated carbocycles. The molecule has 0 atom stereocenters. The van der Waals surface area contributed by atoms with Gasteiger partial charge in [0.05, 0.1) is 7.11 Å². The van der Waals surface area contributed by atoms with Crippen LogP contribution in [0.2, 0.25) is 0 Å². The van der Waals surface area contributed by atoms with Crippen molar-refractivity contribution in [2.45, 2.75) is 33.3 Å². The molecule has 0 aliphatic carbocycles. The first-order valence-corrected chi connectivity index (χ1v) is 7.01. The van der Waals surface area contributed by atoms with Crippen molar-refractivity contribution in [2.24, 2.45) is 10.6 Å². The lowest BCUT2D eigenvalue weighted by molar-refractivity contribution is 0.0713. The van der Waals surface area contributed by atoms with E-state index in [1.54, 1.807) is 6.08 Å². The predicted octanol–water partition coefficient (Wildman–Crippen LogP) is 2.20. The highest BCUT2D eigenvalue weighted by Gasteiger charge is 2.38. The van der Waals surface area contributed by atoms with Crippen molar-refractivity contribution in [3.8, 4) is 5.88 Å². The van der Waals surface area contributed by atoms with Crippen molar-refractivity contribution in [1.82, 2.24) is 4.98 Å². The Labute approximate surface area is 130 Å². The second-order valence-corrected chi connectivity index (χ2v) is 6.10. The number of aromatic nitrogens is 1. The van der Waals surface area contributed by atoms with Crippen molar-refractivity contribution >= 4 is 24.0 Å². The van der Waals surface area contributed by atoms with Crippen LogP contribution in [0.25, 0.3) is 5.47 Å². The normalized spacial score (nSPS) is 14.5. The van der Waals surface area contributed by atoms with Gasteiger partial charge >= 0.3 is 6.85 Å². The molecular formula is C15H20BN3O3. The van der Waals surface area contributed by atoms with Crippen LogP contribution in [0.1, 0.15) is 32.0 Å². The van der Waals surface area contributed by atoms with Gasteiger partial charge in [-0.15, -0.1) is 0 Å². The van der Waals surface area contributed by atoms with E-state index in [-0.39, 0.29) is 5.84 Å². The van der Waals surface area contributed by atoms with E-state index in [0.717, 1.165) is 5.69 Å². The number of hydrogen-bond donors (Lipinski definition) is 1. The number of hydrogen-bond acceptors (Lipinski definition) is 6. The van der Waals surface area contributed by atoms with E-state index in [0.29, 0.717) is 16.9 Å². The minimum atomic E-state index is -0.794. The fraction of sp³-hybridized carbons (Fsp3) is 0.400. The summed E-state index contributed by atoms with van der Waals surface area (Å²) in [7, 11) is 1.54. The summed E-state index contributed by atoms with van der Waals surface area (Å²) in [6, 6.07) is 3.69. The van der Waals surface area contributed by atoms with E-state index in [9.17, 15) is 4.79 Å². The van der Waals surface area contributed by atoms with Gasteiger partial charge in [-0.3, -0.25) is 4.79 Å². The average Bonchev–Trinajstić information content (AvgIpc) is 2.78. The second-order valence-electron chi connectivity index (χ2n) is 6.10. The van der Waals surface area contributed by atoms with Gasteiger partial charge in [0.1, 0.15) is 11.4 Å². The van der Waals surface area contributed by atoms with Gasteiger partial charge in [-0.05, 0) is 51.4 Å². The Morgan fingerprint density at radius 2 is 2.00 bits per heavy atom. The van der Waals surface area contributed by atoms with Gasteiger partial charge in [0.25, 0.3) is 5.87 Å². The molecule has 0 unspecified atom stereocenters. The number of amidine groups is 1. The molecule has 1 aromatic heterocycles. The number of aryl methyl sites for hydroxylation is 1. The lowest BCUT2D eigenvalue weighted by Crippen LogP contribution is -2.33. The monoisotopic (exact) mass is 301 g/mol. The molecule has 0 amide bonds. The molecule has 6 nitrogen and oxygen atoms in total. The van der Waals surface area contributed by atoms with E-state index in [1.807, 2.05) is 39.8 Å². The highest BCUT2D eigenvalue weighted by atomic mass is 16.6. The van der Waals surface area contributed by atoms with Crippen molar-refractivity contribution in [2.75, 3.05) is 7.11 Å². The van der Waals surface area contributed by atoms with Gasteiger partial charge in [0, 0.05) is 11.3 Å². The highest BCUT2D eigenvalue weighted by molar-refractivity contribution is 7.03. The summed E-state index contributed by atoms with van der Waals surface area (Å²) in [5, 5.41) is 0. The number of rotatable bonds is 3. The van der Waals surface area contributed by atoms with Crippen LogP contribution in [0.3, 0.4) is 0 Å². The summed E-state index contributed by atoms with van der Waals surface area (Å²) >= 11 is 0. The number of carbonyl (C=O) groups is 1. The smallest absolute Gasteiger partial charge is 0.442 e. The molecule has 22 heavy (non-hydrogen) atoms. The molecule has 1 aliphatic heterocycles. The third kappa shape index (κ3) is 3.47. The number of nitrogens with zero attached hydrogens (tertiary/aromatic N) is 2. The summed E-state index contributed by atoms with van der Waals surface area (Å²) in [6.07, 6.45) is 1.66. The molecule has 1 aromatic rings. The molecule has 2 heterocycles. The Balaban J connectivity index is 2.38. The number of carbonyl (C=O) groups excluding carboxylic acids is 1. The molecule has 116 valence electrons. The van der Waals surface area contributed by atoms with Gasteiger partial charge in [-0.2, -0.15) is 0 Å². The predicted molar refractivity (Wildman–Crippen MR) is 87.1 cm³/mol. The van der Waals surface area contributed by atoms with Gasteiger partial charge in [-0.25, -0.2) is 4.98 Å². The van der Waals surface area contributed by atoms with Gasteiger partial charge in [0.2, 0.25) is 5.88 Å². The van der Waals surface area contributed by atoms with Crippen molar-refractivity contribution in [3.05, 3.63) is 29.5 Å². The maximum Gasteiger partial charge on any atom is 0.442 e. The molecule has 0 fully saturated rings. The lowest BCUT2D eigenvalue weighted by atomic mass is 9.55. The highest BCUT2D eigenvalue weighted by Crippen LogP contribution is 2.30. The molecule has 2 N–H and O–H groups in total. The fourth-order valence-corrected chi connectivity index (χ4v) is 2.16. The number of pyridine rings is 1. The first kappa shape index (κ1) is 16.1. The Hall–Kier alpha value is -2.31. The first-order valence-electron chi connectivity index (χ1n) is 7.01. The third-order valence-electron chi connectivity index (χ3n) is 3.01. The van der Waals surface area contributed by atoms with E-state index < -0.39 is 18.3 Å². The minimum Gasteiger partial charge on any atom is -0.481 e. The average molecular weight is 301 g/mol. The van der Waals surface area contributed by atoms with Crippen molar-refractivity contribution in [1.29, 1.82) is 0 Å². The first-order chi connectivity index (χ1) is 10.2. The van der Waals surface area contributed by atoms with Crippen LogP contribution in [0.4, 0.5) is 4.79 Å². The zero-order chi connectivity index (χ0) is 16.5. The molecule has 0 saturated heterocycles. The van der Waals surface area contributed by atoms with Gasteiger partial charge < -0.3 is 20.1 Å². The molecule has 0 aromatic carbocycles. The summed E-state index contributed by atoms with van der Waals surface area (Å²) < 4.78 is 10.7. The van der Waals surface area contributed by atoms with E-state index >= 15 is 0 Å². The standard InChI is InChI=1S/C15H20BN3O3/c1-9-6-7-10(13(18-9)21-5)11-8-12(17)19-16(11)14(20)22-15(2,3)4/h6-8H,1-5H3,(H2,17,19). The lowest BCUT2D eigenvalue weighted by Gasteiger charge is -2.21. The number of nitrogens with two attached hydrogens (primary N) is 1. The van der Waals surface area contributed by atoms with Gasteiger partial charge in [0.15, 0.2) is 0 Å². The fourth-order valence-electron chi connectivity index (χ4n) is 2.16. The van der Waals surface area contributed by atoms with Crippen molar-refractivity contribution in [3.63, 3.8) is 0 Å². The Morgan fingerprint density at radius 1 is 1.32 bits per heavy atom. The van der Waals surface area contributed by atoms with E-state index in [1.165, 1.54) is 7.11 Å². The van der Waals surface area contributed by atoms with Gasteiger partial charge in [-0.1, -0.05) is 0 Å². The topological polar surface area (TPSA) is 86.8 Å². The van der Waals surface area contributed by atoms with Crippen LogP contribution >= 0.6 is 0 Å². The molecule has 0 radical (unpaired) electrons. The molecule has 7 heteroatoms. The van der Waals surface area contributed by atoms with Crippen LogP contribution < -0.4 is 10.5 Å². The van der Waals surface area contributed by atoms with Crippen LogP contribution in [0.5, 0.6) is 5.88 Å². The summed E-state index contributed by atoms with van der Waals surface area (Å²) in [6.45, 7) is 6.50. The summed E-state index contributed by atoms with van der Waals surface area (Å²) in [5.41, 5.74) is 7.33. The molecular weight excluding hydrogens is 281 g/mol.